The SMILES string of the molecule is CC1=C(C(=O)Nc2cccc(C)c2)C(c2cccc(OC(C)C)c2)n2nc(SCc3ccccc3Cl)nc2N1. The number of amides is 1. The van der Waals surface area contributed by atoms with Crippen molar-refractivity contribution in [2.45, 2.75) is 50.8 Å². The summed E-state index contributed by atoms with van der Waals surface area (Å²) in [5.41, 5.74) is 4.94. The van der Waals surface area contributed by atoms with Gasteiger partial charge in [-0.1, -0.05) is 65.8 Å². The Bertz CT molecular complexity index is 1550. The van der Waals surface area contributed by atoms with Crippen LogP contribution in [0.5, 0.6) is 5.75 Å². The van der Waals surface area contributed by atoms with Crippen LogP contribution in [-0.4, -0.2) is 26.8 Å². The van der Waals surface area contributed by atoms with E-state index in [1.807, 2.05) is 100 Å². The normalized spacial score (nSPS) is 14.7. The number of hydrogen-bond donors (Lipinski definition) is 2. The highest BCUT2D eigenvalue weighted by Crippen LogP contribution is 2.38. The van der Waals surface area contributed by atoms with Gasteiger partial charge < -0.3 is 15.4 Å². The molecule has 200 valence electrons. The minimum absolute atomic E-state index is 0.0179. The van der Waals surface area contributed by atoms with E-state index in [0.29, 0.717) is 33.2 Å². The summed E-state index contributed by atoms with van der Waals surface area (Å²) in [5, 5.41) is 12.5. The summed E-state index contributed by atoms with van der Waals surface area (Å²) in [6.45, 7) is 7.86. The van der Waals surface area contributed by atoms with E-state index >= 15 is 0 Å². The molecule has 7 nitrogen and oxygen atoms in total. The Morgan fingerprint density at radius 3 is 2.67 bits per heavy atom. The fourth-order valence-electron chi connectivity index (χ4n) is 4.50. The zero-order valence-corrected chi connectivity index (χ0v) is 23.8. The van der Waals surface area contributed by atoms with Crippen LogP contribution in [0.15, 0.2) is 89.2 Å². The van der Waals surface area contributed by atoms with Crippen LogP contribution in [-0.2, 0) is 10.5 Å². The lowest BCUT2D eigenvalue weighted by atomic mass is 9.94. The Morgan fingerprint density at radius 2 is 1.90 bits per heavy atom. The minimum Gasteiger partial charge on any atom is -0.491 e. The fourth-order valence-corrected chi connectivity index (χ4v) is 5.62. The van der Waals surface area contributed by atoms with Crippen molar-refractivity contribution < 1.29 is 9.53 Å². The molecule has 3 aromatic carbocycles. The molecule has 5 rings (SSSR count). The number of carbonyl (C=O) groups is 1. The van der Waals surface area contributed by atoms with Gasteiger partial charge in [0.25, 0.3) is 5.91 Å². The molecule has 0 bridgehead atoms. The molecule has 1 aliphatic heterocycles. The van der Waals surface area contributed by atoms with E-state index in [0.717, 1.165) is 28.1 Å². The smallest absolute Gasteiger partial charge is 0.255 e. The van der Waals surface area contributed by atoms with Gasteiger partial charge in [-0.05, 0) is 74.7 Å². The number of aryl methyl sites for hydroxylation is 1. The summed E-state index contributed by atoms with van der Waals surface area (Å²) in [7, 11) is 0. The Kier molecular flexibility index (Phi) is 7.95. The molecule has 1 amide bonds. The zero-order chi connectivity index (χ0) is 27.5. The lowest BCUT2D eigenvalue weighted by Crippen LogP contribution is -2.31. The number of carbonyl (C=O) groups excluding carboxylic acids is 1. The quantitative estimate of drug-likeness (QED) is 0.221. The summed E-state index contributed by atoms with van der Waals surface area (Å²) in [4.78, 5) is 18.5. The standard InChI is InChI=1S/C30H30ClN5O2S/c1-18(2)38-24-13-8-11-21(16-24)27-26(28(37)33-23-12-7-9-19(3)15-23)20(4)32-29-34-30(35-36(27)29)39-17-22-10-5-6-14-25(22)31/h5-16,18,27H,17H2,1-4H3,(H,33,37)(H,32,34,35). The highest BCUT2D eigenvalue weighted by atomic mass is 35.5. The number of nitrogens with one attached hydrogen (secondary N) is 2. The highest BCUT2D eigenvalue weighted by Gasteiger charge is 2.34. The van der Waals surface area contributed by atoms with Gasteiger partial charge in [-0.25, -0.2) is 4.68 Å². The van der Waals surface area contributed by atoms with Crippen molar-refractivity contribution in [3.8, 4) is 5.75 Å². The molecule has 39 heavy (non-hydrogen) atoms. The Balaban J connectivity index is 1.52. The average molecular weight is 560 g/mol. The molecule has 2 heterocycles. The van der Waals surface area contributed by atoms with Crippen molar-refractivity contribution in [2.24, 2.45) is 0 Å². The van der Waals surface area contributed by atoms with Crippen molar-refractivity contribution in [2.75, 3.05) is 10.6 Å². The second-order valence-electron chi connectivity index (χ2n) is 9.67. The van der Waals surface area contributed by atoms with Crippen molar-refractivity contribution >= 4 is 40.9 Å². The van der Waals surface area contributed by atoms with E-state index in [1.54, 1.807) is 4.68 Å². The van der Waals surface area contributed by atoms with Gasteiger partial charge in [0.1, 0.15) is 11.8 Å². The Morgan fingerprint density at radius 1 is 1.10 bits per heavy atom. The third-order valence-electron chi connectivity index (χ3n) is 6.21. The molecule has 1 atom stereocenters. The number of benzene rings is 3. The first kappa shape index (κ1) is 26.8. The summed E-state index contributed by atoms with van der Waals surface area (Å²) < 4.78 is 7.75. The van der Waals surface area contributed by atoms with Crippen molar-refractivity contribution in [1.82, 2.24) is 14.8 Å². The van der Waals surface area contributed by atoms with Gasteiger partial charge in [0, 0.05) is 22.2 Å². The van der Waals surface area contributed by atoms with Crippen molar-refractivity contribution in [3.05, 3.63) is 106 Å². The molecule has 9 heteroatoms. The third kappa shape index (κ3) is 6.13. The number of anilines is 2. The molecule has 0 radical (unpaired) electrons. The molecular weight excluding hydrogens is 530 g/mol. The van der Waals surface area contributed by atoms with E-state index in [1.165, 1.54) is 11.8 Å². The van der Waals surface area contributed by atoms with Crippen LogP contribution in [0.2, 0.25) is 5.02 Å². The molecule has 1 aromatic heterocycles. The maximum Gasteiger partial charge on any atom is 0.255 e. The minimum atomic E-state index is -0.510. The van der Waals surface area contributed by atoms with E-state index in [-0.39, 0.29) is 12.0 Å². The summed E-state index contributed by atoms with van der Waals surface area (Å²) >= 11 is 7.85. The number of thioether (sulfide) groups is 1. The first-order chi connectivity index (χ1) is 18.8. The van der Waals surface area contributed by atoms with Crippen LogP contribution >= 0.6 is 23.4 Å². The van der Waals surface area contributed by atoms with Gasteiger partial charge >= 0.3 is 0 Å². The number of ether oxygens (including phenoxy) is 1. The molecule has 1 unspecified atom stereocenters. The van der Waals surface area contributed by atoms with Crippen LogP contribution in [0.25, 0.3) is 0 Å². The predicted octanol–water partition coefficient (Wildman–Crippen LogP) is 7.25. The molecule has 1 aliphatic rings. The van der Waals surface area contributed by atoms with Crippen LogP contribution in [0.4, 0.5) is 11.6 Å². The number of nitrogens with zero attached hydrogens (tertiary/aromatic N) is 3. The molecule has 0 spiro atoms. The number of fused-ring (bicyclic) bond motifs is 1. The van der Waals surface area contributed by atoms with Crippen molar-refractivity contribution in [1.29, 1.82) is 0 Å². The second kappa shape index (κ2) is 11.6. The fraction of sp³-hybridized carbons (Fsp3) is 0.233. The molecule has 0 aliphatic carbocycles. The lowest BCUT2D eigenvalue weighted by molar-refractivity contribution is -0.113. The van der Waals surface area contributed by atoms with Gasteiger partial charge in [0.05, 0.1) is 11.7 Å². The molecule has 4 aromatic rings. The topological polar surface area (TPSA) is 81.1 Å². The van der Waals surface area contributed by atoms with Gasteiger partial charge in [0.2, 0.25) is 11.1 Å². The van der Waals surface area contributed by atoms with E-state index in [9.17, 15) is 4.79 Å². The zero-order valence-electron chi connectivity index (χ0n) is 22.2. The van der Waals surface area contributed by atoms with E-state index in [4.69, 9.17) is 26.4 Å². The third-order valence-corrected chi connectivity index (χ3v) is 7.47. The number of aromatic nitrogens is 3. The maximum absolute atomic E-state index is 13.8. The first-order valence-corrected chi connectivity index (χ1v) is 14.1. The summed E-state index contributed by atoms with van der Waals surface area (Å²) in [5.74, 6) is 1.71. The predicted molar refractivity (Wildman–Crippen MR) is 158 cm³/mol. The number of rotatable bonds is 8. The van der Waals surface area contributed by atoms with Gasteiger partial charge in [-0.2, -0.15) is 4.98 Å². The Labute approximate surface area is 237 Å². The second-order valence-corrected chi connectivity index (χ2v) is 11.0. The highest BCUT2D eigenvalue weighted by molar-refractivity contribution is 7.98. The molecular formula is C30H30ClN5O2S. The van der Waals surface area contributed by atoms with Crippen molar-refractivity contribution in [3.63, 3.8) is 0 Å². The van der Waals surface area contributed by atoms with Crippen LogP contribution in [0.3, 0.4) is 0 Å². The monoisotopic (exact) mass is 559 g/mol. The number of hydrogen-bond acceptors (Lipinski definition) is 6. The number of allylic oxidation sites excluding steroid dienone is 1. The van der Waals surface area contributed by atoms with Gasteiger partial charge in [-0.15, -0.1) is 5.10 Å². The van der Waals surface area contributed by atoms with Crippen LogP contribution < -0.4 is 15.4 Å². The van der Waals surface area contributed by atoms with Crippen LogP contribution in [0, 0.1) is 6.92 Å². The van der Waals surface area contributed by atoms with E-state index < -0.39 is 6.04 Å². The molecule has 0 saturated heterocycles. The average Bonchev–Trinajstić information content (AvgIpc) is 3.29. The largest absolute Gasteiger partial charge is 0.491 e. The summed E-state index contributed by atoms with van der Waals surface area (Å²) in [6, 6.07) is 22.8. The summed E-state index contributed by atoms with van der Waals surface area (Å²) in [6.07, 6.45) is 0.0179. The number of halogens is 1. The lowest BCUT2D eigenvalue weighted by Gasteiger charge is -2.29. The Hall–Kier alpha value is -3.75. The molecule has 2 N–H and O–H groups in total. The maximum atomic E-state index is 13.8. The molecule has 0 fully saturated rings. The van der Waals surface area contributed by atoms with Crippen LogP contribution in [0.1, 0.15) is 43.5 Å². The van der Waals surface area contributed by atoms with Gasteiger partial charge in [0.15, 0.2) is 0 Å². The molecule has 0 saturated carbocycles. The van der Waals surface area contributed by atoms with Gasteiger partial charge in [-0.3, -0.25) is 4.79 Å². The first-order valence-electron chi connectivity index (χ1n) is 12.7. The van der Waals surface area contributed by atoms with E-state index in [2.05, 4.69) is 10.6 Å².